The zero-order chi connectivity index (χ0) is 18.3. The number of aliphatic hydroxyl groups is 1. The van der Waals surface area contributed by atoms with E-state index >= 15 is 0 Å². The Morgan fingerprint density at radius 1 is 1.09 bits per heavy atom. The van der Waals surface area contributed by atoms with Gasteiger partial charge in [0.25, 0.3) is 0 Å². The summed E-state index contributed by atoms with van der Waals surface area (Å²) in [6.45, 7) is 17.5. The highest BCUT2D eigenvalue weighted by Crippen LogP contribution is 2.26. The normalized spacial score (nSPS) is 15.4. The van der Waals surface area contributed by atoms with Gasteiger partial charge in [0.1, 0.15) is 5.60 Å². The summed E-state index contributed by atoms with van der Waals surface area (Å²) in [6, 6.07) is 0. The van der Waals surface area contributed by atoms with E-state index in [-0.39, 0.29) is 17.6 Å². The Morgan fingerprint density at radius 2 is 1.61 bits per heavy atom. The maximum Gasteiger partial charge on any atom is 0.407 e. The lowest BCUT2D eigenvalue weighted by Gasteiger charge is -2.40. The molecule has 0 saturated heterocycles. The molecule has 0 radical (unpaired) electrons. The third-order valence-electron chi connectivity index (χ3n) is 4.98. The van der Waals surface area contributed by atoms with E-state index in [0.29, 0.717) is 12.5 Å². The molecule has 1 unspecified atom stereocenters. The van der Waals surface area contributed by atoms with Crippen molar-refractivity contribution in [3.63, 3.8) is 0 Å². The number of alkyl carbamates (subject to hydrolysis) is 1. The van der Waals surface area contributed by atoms with Gasteiger partial charge in [-0.2, -0.15) is 0 Å². The zero-order valence-corrected chi connectivity index (χ0v) is 16.4. The summed E-state index contributed by atoms with van der Waals surface area (Å²) < 4.78 is 5.30. The first kappa shape index (κ1) is 22.2. The van der Waals surface area contributed by atoms with Crippen LogP contribution in [0.1, 0.15) is 68.2 Å². The lowest BCUT2D eigenvalue weighted by Crippen LogP contribution is -2.58. The smallest absolute Gasteiger partial charge is 0.407 e. The molecule has 138 valence electrons. The van der Waals surface area contributed by atoms with Crippen LogP contribution in [0.5, 0.6) is 0 Å². The van der Waals surface area contributed by atoms with Gasteiger partial charge in [-0.25, -0.2) is 4.79 Å². The molecule has 0 aromatic rings. The predicted octanol–water partition coefficient (Wildman–Crippen LogP) is 3.31. The fourth-order valence-electron chi connectivity index (χ4n) is 2.21. The van der Waals surface area contributed by atoms with Crippen LogP contribution in [0.3, 0.4) is 0 Å². The summed E-state index contributed by atoms with van der Waals surface area (Å²) >= 11 is 0. The molecule has 0 rings (SSSR count). The van der Waals surface area contributed by atoms with Gasteiger partial charge in [-0.15, -0.1) is 0 Å². The van der Waals surface area contributed by atoms with E-state index in [2.05, 4.69) is 45.3 Å². The van der Waals surface area contributed by atoms with Crippen LogP contribution in [0, 0.1) is 11.3 Å². The van der Waals surface area contributed by atoms with Crippen molar-refractivity contribution in [2.75, 3.05) is 19.7 Å². The topological polar surface area (TPSA) is 70.6 Å². The second-order valence-corrected chi connectivity index (χ2v) is 8.15. The first-order chi connectivity index (χ1) is 10.4. The fraction of sp³-hybridized carbons (Fsp3) is 0.944. The van der Waals surface area contributed by atoms with Crippen molar-refractivity contribution in [3.8, 4) is 0 Å². The van der Waals surface area contributed by atoms with Gasteiger partial charge < -0.3 is 20.5 Å². The molecule has 0 aliphatic heterocycles. The first-order valence-corrected chi connectivity index (χ1v) is 8.76. The average molecular weight is 331 g/mol. The van der Waals surface area contributed by atoms with Gasteiger partial charge in [0.2, 0.25) is 0 Å². The molecule has 0 aromatic heterocycles. The Kier molecular flexibility index (Phi) is 8.57. The molecule has 0 aromatic carbocycles. The molecule has 1 atom stereocenters. The van der Waals surface area contributed by atoms with Gasteiger partial charge >= 0.3 is 6.09 Å². The van der Waals surface area contributed by atoms with Crippen LogP contribution in [0.2, 0.25) is 0 Å². The number of nitrogens with one attached hydrogen (secondary N) is 2. The van der Waals surface area contributed by atoms with E-state index in [1.165, 1.54) is 0 Å². The number of hydrogen-bond donors (Lipinski definition) is 3. The molecular formula is C18H38N2O3. The van der Waals surface area contributed by atoms with E-state index in [4.69, 9.17) is 4.74 Å². The highest BCUT2D eigenvalue weighted by atomic mass is 16.6. The molecule has 5 heteroatoms. The summed E-state index contributed by atoms with van der Waals surface area (Å²) in [4.78, 5) is 11.9. The summed E-state index contributed by atoms with van der Waals surface area (Å²) in [7, 11) is 0. The fourth-order valence-corrected chi connectivity index (χ4v) is 2.21. The van der Waals surface area contributed by atoms with Crippen molar-refractivity contribution in [2.45, 2.75) is 79.4 Å². The summed E-state index contributed by atoms with van der Waals surface area (Å²) in [6.07, 6.45) is 1.44. The van der Waals surface area contributed by atoms with Gasteiger partial charge in [-0.3, -0.25) is 0 Å². The van der Waals surface area contributed by atoms with Gasteiger partial charge in [0.15, 0.2) is 0 Å². The molecule has 0 aliphatic rings. The van der Waals surface area contributed by atoms with Crippen LogP contribution < -0.4 is 10.6 Å². The first-order valence-electron chi connectivity index (χ1n) is 8.76. The third-order valence-corrected chi connectivity index (χ3v) is 4.98. The Morgan fingerprint density at radius 3 is 1.96 bits per heavy atom. The maximum absolute atomic E-state index is 11.9. The molecule has 0 aliphatic carbocycles. The predicted molar refractivity (Wildman–Crippen MR) is 95.6 cm³/mol. The van der Waals surface area contributed by atoms with Crippen molar-refractivity contribution in [2.24, 2.45) is 11.3 Å². The van der Waals surface area contributed by atoms with Crippen molar-refractivity contribution in [1.82, 2.24) is 10.6 Å². The van der Waals surface area contributed by atoms with Gasteiger partial charge in [0, 0.05) is 30.7 Å². The molecule has 5 nitrogen and oxygen atoms in total. The number of amides is 1. The van der Waals surface area contributed by atoms with Crippen molar-refractivity contribution >= 4 is 6.09 Å². The summed E-state index contributed by atoms with van der Waals surface area (Å²) in [5, 5.41) is 16.2. The Bertz CT molecular complexity index is 352. The number of rotatable bonds is 9. The van der Waals surface area contributed by atoms with Gasteiger partial charge in [-0.1, -0.05) is 27.7 Å². The summed E-state index contributed by atoms with van der Waals surface area (Å²) in [5.41, 5.74) is -0.869. The Labute approximate surface area is 142 Å². The number of carbonyl (C=O) groups is 1. The Balaban J connectivity index is 4.78. The molecule has 0 heterocycles. The highest BCUT2D eigenvalue weighted by molar-refractivity contribution is 5.67. The maximum atomic E-state index is 11.9. The lowest BCUT2D eigenvalue weighted by atomic mass is 9.80. The lowest BCUT2D eigenvalue weighted by molar-refractivity contribution is 0.0490. The SMILES string of the molecule is CCC(CC)(CO)CNC(C)(CNC(=O)OC(C)(C)C)C(C)C. The van der Waals surface area contributed by atoms with Gasteiger partial charge in [-0.05, 0) is 46.5 Å². The minimum absolute atomic E-state index is 0.109. The van der Waals surface area contributed by atoms with Gasteiger partial charge in [0.05, 0.1) is 0 Å². The zero-order valence-electron chi connectivity index (χ0n) is 16.4. The van der Waals surface area contributed by atoms with Crippen molar-refractivity contribution < 1.29 is 14.6 Å². The molecule has 0 fully saturated rings. The minimum Gasteiger partial charge on any atom is -0.444 e. The second-order valence-electron chi connectivity index (χ2n) is 8.15. The molecule has 0 saturated carbocycles. The number of hydrogen-bond acceptors (Lipinski definition) is 4. The van der Waals surface area contributed by atoms with Crippen LogP contribution in [0.25, 0.3) is 0 Å². The quantitative estimate of drug-likeness (QED) is 0.606. The van der Waals surface area contributed by atoms with E-state index in [9.17, 15) is 9.90 Å². The van der Waals surface area contributed by atoms with Crippen LogP contribution in [-0.2, 0) is 4.74 Å². The minimum atomic E-state index is -0.498. The van der Waals surface area contributed by atoms with Crippen LogP contribution in [0.4, 0.5) is 4.79 Å². The number of carbonyl (C=O) groups excluding carboxylic acids is 1. The van der Waals surface area contributed by atoms with E-state index in [1.807, 2.05) is 20.8 Å². The molecule has 0 spiro atoms. The number of aliphatic hydroxyl groups excluding tert-OH is 1. The monoisotopic (exact) mass is 330 g/mol. The van der Waals surface area contributed by atoms with Crippen molar-refractivity contribution in [1.29, 1.82) is 0 Å². The van der Waals surface area contributed by atoms with Crippen LogP contribution in [-0.4, -0.2) is 42.0 Å². The largest absolute Gasteiger partial charge is 0.444 e. The second kappa shape index (κ2) is 8.88. The van der Waals surface area contributed by atoms with E-state index < -0.39 is 11.7 Å². The molecular weight excluding hydrogens is 292 g/mol. The van der Waals surface area contributed by atoms with Crippen LogP contribution >= 0.6 is 0 Å². The van der Waals surface area contributed by atoms with Crippen molar-refractivity contribution in [3.05, 3.63) is 0 Å². The van der Waals surface area contributed by atoms with E-state index in [1.54, 1.807) is 0 Å². The average Bonchev–Trinajstić information content (AvgIpc) is 2.45. The Hall–Kier alpha value is -0.810. The summed E-state index contributed by atoms with van der Waals surface area (Å²) in [5.74, 6) is 0.322. The molecule has 23 heavy (non-hydrogen) atoms. The molecule has 0 bridgehead atoms. The van der Waals surface area contributed by atoms with Crippen LogP contribution in [0.15, 0.2) is 0 Å². The van der Waals surface area contributed by atoms with E-state index in [0.717, 1.165) is 19.4 Å². The highest BCUT2D eigenvalue weighted by Gasteiger charge is 2.33. The molecule has 1 amide bonds. The molecule has 3 N–H and O–H groups in total. The number of ether oxygens (including phenoxy) is 1. The standard InChI is InChI=1S/C18H38N2O3/c1-9-18(10-2,13-21)12-20-17(8,14(3)4)11-19-15(22)23-16(5,6)7/h14,20-21H,9-13H2,1-8H3,(H,19,22). The third kappa shape index (κ3) is 7.53.